The smallest absolute Gasteiger partial charge is 0.261 e. The molecule has 184 valence electrons. The summed E-state index contributed by atoms with van der Waals surface area (Å²) in [5, 5.41) is 3.02. The zero-order valence-corrected chi connectivity index (χ0v) is 20.6. The van der Waals surface area contributed by atoms with Crippen LogP contribution in [-0.2, 0) is 22.6 Å². The Hall–Kier alpha value is -3.80. The summed E-state index contributed by atoms with van der Waals surface area (Å²) in [4.78, 5) is 28.6. The van der Waals surface area contributed by atoms with Crippen molar-refractivity contribution < 1.29 is 19.1 Å². The van der Waals surface area contributed by atoms with Crippen LogP contribution in [0.5, 0.6) is 11.5 Å². The van der Waals surface area contributed by atoms with Gasteiger partial charge >= 0.3 is 0 Å². The van der Waals surface area contributed by atoms with Gasteiger partial charge in [0, 0.05) is 19.5 Å². The fourth-order valence-corrected chi connectivity index (χ4v) is 3.69. The van der Waals surface area contributed by atoms with Gasteiger partial charge in [0.1, 0.15) is 17.5 Å². The predicted octanol–water partition coefficient (Wildman–Crippen LogP) is 4.49. The molecule has 1 atom stereocenters. The Labute approximate surface area is 207 Å². The number of carbonyl (C=O) groups excluding carboxylic acids is 2. The first-order valence-corrected chi connectivity index (χ1v) is 11.9. The van der Waals surface area contributed by atoms with Crippen molar-refractivity contribution in [3.63, 3.8) is 0 Å². The van der Waals surface area contributed by atoms with Gasteiger partial charge in [0.05, 0.1) is 7.11 Å². The predicted molar refractivity (Wildman–Crippen MR) is 137 cm³/mol. The molecule has 0 heterocycles. The maximum atomic E-state index is 13.5. The summed E-state index contributed by atoms with van der Waals surface area (Å²) in [6, 6.07) is 25.8. The van der Waals surface area contributed by atoms with Crippen LogP contribution in [0, 0.1) is 5.92 Å². The van der Waals surface area contributed by atoms with E-state index in [-0.39, 0.29) is 25.0 Å². The van der Waals surface area contributed by atoms with E-state index in [0.717, 1.165) is 11.1 Å². The number of carbonyl (C=O) groups is 2. The number of rotatable bonds is 12. The molecule has 0 bridgehead atoms. The van der Waals surface area contributed by atoms with E-state index in [1.54, 1.807) is 24.1 Å². The van der Waals surface area contributed by atoms with Crippen LogP contribution in [0.4, 0.5) is 0 Å². The number of methoxy groups -OCH3 is 1. The maximum Gasteiger partial charge on any atom is 0.261 e. The summed E-state index contributed by atoms with van der Waals surface area (Å²) in [5.74, 6) is 1.14. The van der Waals surface area contributed by atoms with E-state index in [4.69, 9.17) is 9.47 Å². The number of benzene rings is 3. The van der Waals surface area contributed by atoms with Crippen molar-refractivity contribution in [3.8, 4) is 11.5 Å². The highest BCUT2D eigenvalue weighted by atomic mass is 16.5. The van der Waals surface area contributed by atoms with Crippen molar-refractivity contribution in [1.82, 2.24) is 10.2 Å². The number of hydrogen-bond donors (Lipinski definition) is 1. The number of nitrogens with one attached hydrogen (secondary N) is 1. The number of hydrogen-bond acceptors (Lipinski definition) is 4. The molecule has 3 aromatic rings. The highest BCUT2D eigenvalue weighted by molar-refractivity contribution is 5.88. The van der Waals surface area contributed by atoms with E-state index >= 15 is 0 Å². The molecule has 0 aliphatic rings. The molecule has 0 saturated carbocycles. The third kappa shape index (κ3) is 8.18. The van der Waals surface area contributed by atoms with Crippen molar-refractivity contribution in [2.45, 2.75) is 32.9 Å². The largest absolute Gasteiger partial charge is 0.497 e. The van der Waals surface area contributed by atoms with Crippen LogP contribution in [0.25, 0.3) is 0 Å². The zero-order valence-electron chi connectivity index (χ0n) is 20.6. The van der Waals surface area contributed by atoms with Crippen LogP contribution >= 0.6 is 0 Å². The first-order valence-electron chi connectivity index (χ1n) is 11.9. The Morgan fingerprint density at radius 3 is 2.14 bits per heavy atom. The van der Waals surface area contributed by atoms with E-state index in [9.17, 15) is 9.59 Å². The van der Waals surface area contributed by atoms with Gasteiger partial charge in [-0.25, -0.2) is 0 Å². The van der Waals surface area contributed by atoms with Crippen LogP contribution < -0.4 is 14.8 Å². The zero-order chi connectivity index (χ0) is 25.0. The Morgan fingerprint density at radius 1 is 0.857 bits per heavy atom. The SMILES string of the molecule is COc1cccc(CN(C(=O)COc2ccccc2)[C@@H](Cc2ccccc2)C(=O)NCC(C)C)c1. The van der Waals surface area contributed by atoms with Gasteiger partial charge < -0.3 is 19.7 Å². The second-order valence-electron chi connectivity index (χ2n) is 8.82. The minimum Gasteiger partial charge on any atom is -0.497 e. The minimum absolute atomic E-state index is 0.170. The molecular formula is C29H34N2O4. The highest BCUT2D eigenvalue weighted by Gasteiger charge is 2.30. The Morgan fingerprint density at radius 2 is 1.49 bits per heavy atom. The van der Waals surface area contributed by atoms with E-state index in [0.29, 0.717) is 30.4 Å². The molecule has 3 rings (SSSR count). The molecule has 0 spiro atoms. The number of para-hydroxylation sites is 1. The topological polar surface area (TPSA) is 67.9 Å². The lowest BCUT2D eigenvalue weighted by Crippen LogP contribution is -2.52. The third-order valence-corrected chi connectivity index (χ3v) is 5.55. The molecule has 2 amide bonds. The quantitative estimate of drug-likeness (QED) is 0.420. The molecular weight excluding hydrogens is 440 g/mol. The van der Waals surface area contributed by atoms with Crippen molar-refractivity contribution in [2.75, 3.05) is 20.3 Å². The first-order chi connectivity index (χ1) is 17.0. The van der Waals surface area contributed by atoms with Crippen LogP contribution in [0.1, 0.15) is 25.0 Å². The molecule has 0 unspecified atom stereocenters. The molecule has 35 heavy (non-hydrogen) atoms. The van der Waals surface area contributed by atoms with Gasteiger partial charge in [0.25, 0.3) is 5.91 Å². The summed E-state index contributed by atoms with van der Waals surface area (Å²) in [7, 11) is 1.60. The van der Waals surface area contributed by atoms with Crippen LogP contribution in [0.15, 0.2) is 84.9 Å². The Balaban J connectivity index is 1.90. The van der Waals surface area contributed by atoms with E-state index in [1.807, 2.05) is 86.6 Å². The van der Waals surface area contributed by atoms with Crippen LogP contribution in [-0.4, -0.2) is 43.0 Å². The summed E-state index contributed by atoms with van der Waals surface area (Å²) >= 11 is 0. The Bertz CT molecular complexity index is 1070. The number of nitrogens with zero attached hydrogens (tertiary/aromatic N) is 1. The summed E-state index contributed by atoms with van der Waals surface area (Å²) < 4.78 is 11.1. The highest BCUT2D eigenvalue weighted by Crippen LogP contribution is 2.19. The van der Waals surface area contributed by atoms with Gasteiger partial charge in [-0.2, -0.15) is 0 Å². The van der Waals surface area contributed by atoms with E-state index in [1.165, 1.54) is 0 Å². The molecule has 0 fully saturated rings. The average molecular weight is 475 g/mol. The molecule has 0 aromatic heterocycles. The second-order valence-corrected chi connectivity index (χ2v) is 8.82. The van der Waals surface area contributed by atoms with Crippen molar-refractivity contribution in [1.29, 1.82) is 0 Å². The maximum absolute atomic E-state index is 13.5. The molecule has 0 radical (unpaired) electrons. The van der Waals surface area contributed by atoms with Crippen molar-refractivity contribution >= 4 is 11.8 Å². The second kappa shape index (κ2) is 13.2. The van der Waals surface area contributed by atoms with Crippen LogP contribution in [0.2, 0.25) is 0 Å². The van der Waals surface area contributed by atoms with Gasteiger partial charge in [-0.15, -0.1) is 0 Å². The van der Waals surface area contributed by atoms with Crippen LogP contribution in [0.3, 0.4) is 0 Å². The molecule has 3 aromatic carbocycles. The van der Waals surface area contributed by atoms with Gasteiger partial charge in [0.2, 0.25) is 5.91 Å². The third-order valence-electron chi connectivity index (χ3n) is 5.55. The first kappa shape index (κ1) is 25.8. The summed E-state index contributed by atoms with van der Waals surface area (Å²) in [6.07, 6.45) is 0.395. The fourth-order valence-electron chi connectivity index (χ4n) is 3.69. The molecule has 6 nitrogen and oxygen atoms in total. The lowest BCUT2D eigenvalue weighted by Gasteiger charge is -2.31. The minimum atomic E-state index is -0.700. The normalized spacial score (nSPS) is 11.5. The van der Waals surface area contributed by atoms with Gasteiger partial charge in [-0.3, -0.25) is 9.59 Å². The molecule has 6 heteroatoms. The summed E-state index contributed by atoms with van der Waals surface area (Å²) in [6.45, 7) is 4.70. The lowest BCUT2D eigenvalue weighted by molar-refractivity contribution is -0.142. The van der Waals surface area contributed by atoms with Crippen molar-refractivity contribution in [2.24, 2.45) is 5.92 Å². The molecule has 0 aliphatic carbocycles. The molecule has 0 saturated heterocycles. The van der Waals surface area contributed by atoms with E-state index < -0.39 is 6.04 Å². The number of amides is 2. The summed E-state index contributed by atoms with van der Waals surface area (Å²) in [5.41, 5.74) is 1.84. The van der Waals surface area contributed by atoms with Gasteiger partial charge in [-0.1, -0.05) is 74.5 Å². The number of ether oxygens (including phenoxy) is 2. The molecule has 0 aliphatic heterocycles. The van der Waals surface area contributed by atoms with Gasteiger partial charge in [0.15, 0.2) is 6.61 Å². The van der Waals surface area contributed by atoms with Crippen molar-refractivity contribution in [3.05, 3.63) is 96.1 Å². The standard InChI is InChI=1S/C29H34N2O4/c1-22(2)19-30-29(33)27(18-23-11-6-4-7-12-23)31(20-24-13-10-16-26(17-24)34-3)28(32)21-35-25-14-8-5-9-15-25/h4-17,22,27H,18-21H2,1-3H3,(H,30,33)/t27-/m0/s1. The monoisotopic (exact) mass is 474 g/mol. The van der Waals surface area contributed by atoms with E-state index in [2.05, 4.69) is 5.32 Å². The Kier molecular flexibility index (Phi) is 9.72. The fraction of sp³-hybridized carbons (Fsp3) is 0.310. The molecule has 1 N–H and O–H groups in total. The van der Waals surface area contributed by atoms with Gasteiger partial charge in [-0.05, 0) is 41.3 Å². The average Bonchev–Trinajstić information content (AvgIpc) is 2.89. The lowest BCUT2D eigenvalue weighted by atomic mass is 10.0.